The Morgan fingerprint density at radius 2 is 1.92 bits per heavy atom. The fourth-order valence-corrected chi connectivity index (χ4v) is 0.631. The molecule has 0 bridgehead atoms. The van der Waals surface area contributed by atoms with Crippen molar-refractivity contribution in [1.82, 2.24) is 0 Å². The lowest BCUT2D eigenvalue weighted by atomic mass is 10.2. The van der Waals surface area contributed by atoms with Crippen molar-refractivity contribution in [2.24, 2.45) is 0 Å². The van der Waals surface area contributed by atoms with Crippen molar-refractivity contribution in [1.29, 1.82) is 0 Å². The third kappa shape index (κ3) is 6.71. The van der Waals surface area contributed by atoms with Gasteiger partial charge in [0.25, 0.3) is 0 Å². The maximum Gasteiger partial charge on any atom is 0.305 e. The summed E-state index contributed by atoms with van der Waals surface area (Å²) in [7, 11) is 0. The fraction of sp³-hybridized carbons (Fsp3) is 0.500. The summed E-state index contributed by atoms with van der Waals surface area (Å²) >= 11 is 0. The van der Waals surface area contributed by atoms with Gasteiger partial charge in [-0.15, -0.1) is 24.7 Å². The van der Waals surface area contributed by atoms with Gasteiger partial charge in [0.05, 0.1) is 0 Å². The first-order valence-electron chi connectivity index (χ1n) is 3.83. The Kier molecular flexibility index (Phi) is 6.79. The molecule has 0 aromatic heterocycles. The highest BCUT2D eigenvalue weighted by molar-refractivity contribution is 5.69. The lowest BCUT2D eigenvalue weighted by Gasteiger charge is -2.00. The van der Waals surface area contributed by atoms with Crippen LogP contribution in [0.15, 0.2) is 0 Å². The molecule has 0 heterocycles. The SMILES string of the molecule is C#CCCCC(=O)OCCC#C. The van der Waals surface area contributed by atoms with Crippen LogP contribution >= 0.6 is 0 Å². The van der Waals surface area contributed by atoms with Gasteiger partial charge in [-0.05, 0) is 6.42 Å². The number of rotatable bonds is 5. The number of esters is 1. The molecule has 0 aliphatic heterocycles. The largest absolute Gasteiger partial charge is 0.465 e. The van der Waals surface area contributed by atoms with Crippen molar-refractivity contribution in [3.8, 4) is 24.7 Å². The van der Waals surface area contributed by atoms with Crippen molar-refractivity contribution >= 4 is 5.97 Å². The van der Waals surface area contributed by atoms with Crippen LogP contribution in [-0.2, 0) is 9.53 Å². The maximum atomic E-state index is 10.8. The molecule has 0 unspecified atom stereocenters. The van der Waals surface area contributed by atoms with Crippen LogP contribution in [0.3, 0.4) is 0 Å². The highest BCUT2D eigenvalue weighted by Gasteiger charge is 1.99. The molecule has 0 spiro atoms. The molecule has 0 fully saturated rings. The zero-order chi connectivity index (χ0) is 9.23. The smallest absolute Gasteiger partial charge is 0.305 e. The molecular formula is C10H12O2. The second-order valence-corrected chi connectivity index (χ2v) is 2.23. The second kappa shape index (κ2) is 7.69. The molecule has 0 rings (SSSR count). The van der Waals surface area contributed by atoms with E-state index in [1.807, 2.05) is 0 Å². The topological polar surface area (TPSA) is 26.3 Å². The van der Waals surface area contributed by atoms with Crippen LogP contribution in [0, 0.1) is 24.7 Å². The standard InChI is InChI=1S/C10H12O2/c1-3-5-7-8-10(11)12-9-6-4-2/h1-2H,5-9H2. The molecule has 0 saturated heterocycles. The minimum absolute atomic E-state index is 0.222. The third-order valence-electron chi connectivity index (χ3n) is 1.21. The van der Waals surface area contributed by atoms with Gasteiger partial charge in [-0.1, -0.05) is 0 Å². The highest BCUT2D eigenvalue weighted by Crippen LogP contribution is 1.96. The molecule has 64 valence electrons. The van der Waals surface area contributed by atoms with E-state index in [2.05, 4.69) is 11.8 Å². The van der Waals surface area contributed by atoms with E-state index in [1.54, 1.807) is 0 Å². The average molecular weight is 164 g/mol. The van der Waals surface area contributed by atoms with Crippen LogP contribution in [0.2, 0.25) is 0 Å². The summed E-state index contributed by atoms with van der Waals surface area (Å²) in [5.41, 5.74) is 0. The van der Waals surface area contributed by atoms with Crippen LogP contribution in [0.4, 0.5) is 0 Å². The Bertz CT molecular complexity index is 183. The summed E-state index contributed by atoms with van der Waals surface area (Å²) in [4.78, 5) is 10.8. The van der Waals surface area contributed by atoms with Crippen molar-refractivity contribution < 1.29 is 9.53 Å². The number of carbonyl (C=O) groups is 1. The summed E-state index contributed by atoms with van der Waals surface area (Å²) in [5, 5.41) is 0. The van der Waals surface area contributed by atoms with Gasteiger partial charge in [-0.2, -0.15) is 0 Å². The van der Waals surface area contributed by atoms with Crippen LogP contribution in [0.25, 0.3) is 0 Å². The number of unbranched alkanes of at least 4 members (excludes halogenated alkanes) is 1. The zero-order valence-corrected chi connectivity index (χ0v) is 7.01. The molecule has 0 aromatic rings. The van der Waals surface area contributed by atoms with Crippen molar-refractivity contribution in [3.63, 3.8) is 0 Å². The van der Waals surface area contributed by atoms with Gasteiger partial charge >= 0.3 is 5.97 Å². The Hall–Kier alpha value is -1.41. The monoisotopic (exact) mass is 164 g/mol. The summed E-state index contributed by atoms with van der Waals surface area (Å²) in [5.74, 6) is 4.61. The molecule has 0 amide bonds. The summed E-state index contributed by atoms with van der Waals surface area (Å²) in [6.45, 7) is 0.311. The van der Waals surface area contributed by atoms with Crippen molar-refractivity contribution in [3.05, 3.63) is 0 Å². The number of ether oxygens (including phenoxy) is 1. The molecule has 0 aromatic carbocycles. The Morgan fingerprint density at radius 1 is 1.25 bits per heavy atom. The molecule has 0 atom stereocenters. The van der Waals surface area contributed by atoms with Crippen molar-refractivity contribution in [2.75, 3.05) is 6.61 Å². The lowest BCUT2D eigenvalue weighted by molar-refractivity contribution is -0.143. The Labute approximate surface area is 73.3 Å². The fourth-order valence-electron chi connectivity index (χ4n) is 0.631. The van der Waals surface area contributed by atoms with Crippen LogP contribution in [-0.4, -0.2) is 12.6 Å². The van der Waals surface area contributed by atoms with Gasteiger partial charge in [0.15, 0.2) is 0 Å². The zero-order valence-electron chi connectivity index (χ0n) is 7.01. The number of hydrogen-bond donors (Lipinski definition) is 0. The number of hydrogen-bond acceptors (Lipinski definition) is 2. The molecule has 12 heavy (non-hydrogen) atoms. The first-order chi connectivity index (χ1) is 5.81. The number of carbonyl (C=O) groups excluding carboxylic acids is 1. The maximum absolute atomic E-state index is 10.8. The normalized spacial score (nSPS) is 8.17. The average Bonchev–Trinajstić information content (AvgIpc) is 2.06. The summed E-state index contributed by atoms with van der Waals surface area (Å²) < 4.78 is 4.78. The molecule has 0 aliphatic rings. The third-order valence-corrected chi connectivity index (χ3v) is 1.21. The van der Waals surface area contributed by atoms with E-state index in [4.69, 9.17) is 17.6 Å². The van der Waals surface area contributed by atoms with Gasteiger partial charge in [0.2, 0.25) is 0 Å². The quantitative estimate of drug-likeness (QED) is 0.348. The minimum atomic E-state index is -0.222. The molecule has 2 heteroatoms. The van der Waals surface area contributed by atoms with Gasteiger partial charge in [0, 0.05) is 19.3 Å². The predicted octanol–water partition coefficient (Wildman–Crippen LogP) is 1.36. The van der Waals surface area contributed by atoms with Crippen LogP contribution < -0.4 is 0 Å². The molecule has 0 saturated carbocycles. The molecule has 0 N–H and O–H groups in total. The Balaban J connectivity index is 3.24. The van der Waals surface area contributed by atoms with E-state index >= 15 is 0 Å². The first kappa shape index (κ1) is 10.6. The van der Waals surface area contributed by atoms with E-state index in [9.17, 15) is 4.79 Å². The van der Waals surface area contributed by atoms with Crippen molar-refractivity contribution in [2.45, 2.75) is 25.7 Å². The summed E-state index contributed by atoms with van der Waals surface area (Å²) in [6.07, 6.45) is 12.1. The van der Waals surface area contributed by atoms with E-state index in [0.717, 1.165) is 0 Å². The summed E-state index contributed by atoms with van der Waals surface area (Å²) in [6, 6.07) is 0. The van der Waals surface area contributed by atoms with Crippen LogP contribution in [0.1, 0.15) is 25.7 Å². The van der Waals surface area contributed by atoms with Gasteiger partial charge in [-0.25, -0.2) is 0 Å². The van der Waals surface area contributed by atoms with E-state index in [0.29, 0.717) is 32.3 Å². The second-order valence-electron chi connectivity index (χ2n) is 2.23. The van der Waals surface area contributed by atoms with Crippen LogP contribution in [0.5, 0.6) is 0 Å². The first-order valence-corrected chi connectivity index (χ1v) is 3.83. The van der Waals surface area contributed by atoms with Gasteiger partial charge in [0.1, 0.15) is 6.61 Å². The van der Waals surface area contributed by atoms with E-state index < -0.39 is 0 Å². The number of terminal acetylenes is 2. The predicted molar refractivity (Wildman–Crippen MR) is 47.1 cm³/mol. The van der Waals surface area contributed by atoms with E-state index in [-0.39, 0.29) is 5.97 Å². The highest BCUT2D eigenvalue weighted by atomic mass is 16.5. The molecule has 2 nitrogen and oxygen atoms in total. The molecule has 0 radical (unpaired) electrons. The molecule has 0 aliphatic carbocycles. The molecular weight excluding hydrogens is 152 g/mol. The lowest BCUT2D eigenvalue weighted by Crippen LogP contribution is -2.04. The van der Waals surface area contributed by atoms with Gasteiger partial charge < -0.3 is 4.74 Å². The van der Waals surface area contributed by atoms with E-state index in [1.165, 1.54) is 0 Å². The Morgan fingerprint density at radius 3 is 2.50 bits per heavy atom. The minimum Gasteiger partial charge on any atom is -0.465 e. The van der Waals surface area contributed by atoms with Gasteiger partial charge in [-0.3, -0.25) is 4.79 Å².